The van der Waals surface area contributed by atoms with E-state index in [4.69, 9.17) is 4.74 Å². The van der Waals surface area contributed by atoms with Crippen molar-refractivity contribution in [2.45, 2.75) is 62.0 Å². The molecule has 42 heavy (non-hydrogen) atoms. The van der Waals surface area contributed by atoms with Gasteiger partial charge in [0, 0.05) is 19.0 Å². The van der Waals surface area contributed by atoms with Gasteiger partial charge in [-0.2, -0.15) is 0 Å². The van der Waals surface area contributed by atoms with Crippen molar-refractivity contribution in [1.82, 2.24) is 14.5 Å². The summed E-state index contributed by atoms with van der Waals surface area (Å²) in [4.78, 5) is 42.5. The largest absolute Gasteiger partial charge is 0.497 e. The molecular weight excluding hydrogens is 554 g/mol. The minimum absolute atomic E-state index is 0.00771. The van der Waals surface area contributed by atoms with E-state index in [1.54, 1.807) is 31.4 Å². The van der Waals surface area contributed by atoms with Gasteiger partial charge in [-0.15, -0.1) is 0 Å². The molecule has 220 valence electrons. The summed E-state index contributed by atoms with van der Waals surface area (Å²) in [5, 5.41) is 3.16. The summed E-state index contributed by atoms with van der Waals surface area (Å²) in [5.74, 6) is -1.13. The number of sulfonamides is 1. The normalized spacial score (nSPS) is 16.9. The van der Waals surface area contributed by atoms with Crippen LogP contribution in [0.4, 0.5) is 0 Å². The van der Waals surface area contributed by atoms with Crippen LogP contribution in [-0.4, -0.2) is 61.1 Å². The highest BCUT2D eigenvalue weighted by atomic mass is 32.2. The van der Waals surface area contributed by atoms with E-state index in [1.165, 1.54) is 23.1 Å². The Labute approximate surface area is 246 Å². The number of hydrogen-bond donors (Lipinski definition) is 1. The lowest BCUT2D eigenvalue weighted by atomic mass is 9.94. The Morgan fingerprint density at radius 3 is 2.36 bits per heavy atom. The fourth-order valence-corrected chi connectivity index (χ4v) is 7.18. The molecule has 2 aliphatic rings. The molecule has 0 bridgehead atoms. The summed E-state index contributed by atoms with van der Waals surface area (Å²) < 4.78 is 32.6. The zero-order valence-corrected chi connectivity index (χ0v) is 24.4. The van der Waals surface area contributed by atoms with E-state index >= 15 is 0 Å². The van der Waals surface area contributed by atoms with Crippen LogP contribution in [0.25, 0.3) is 0 Å². The van der Waals surface area contributed by atoms with Gasteiger partial charge in [-0.1, -0.05) is 73.9 Å². The number of fused-ring (bicyclic) bond motifs is 1. The zero-order valence-electron chi connectivity index (χ0n) is 23.6. The van der Waals surface area contributed by atoms with Crippen LogP contribution in [0.3, 0.4) is 0 Å². The van der Waals surface area contributed by atoms with Crippen LogP contribution in [0.1, 0.15) is 53.6 Å². The number of rotatable bonds is 10. The lowest BCUT2D eigenvalue weighted by Gasteiger charge is -2.34. The number of hydrogen-bond acceptors (Lipinski definition) is 6. The summed E-state index contributed by atoms with van der Waals surface area (Å²) in [7, 11) is -2.68. The molecule has 10 heteroatoms. The number of methoxy groups -OCH3 is 1. The van der Waals surface area contributed by atoms with Gasteiger partial charge in [0.15, 0.2) is 0 Å². The number of nitrogens with zero attached hydrogens (tertiary/aromatic N) is 2. The van der Waals surface area contributed by atoms with Gasteiger partial charge in [-0.25, -0.2) is 12.7 Å². The Morgan fingerprint density at radius 1 is 0.952 bits per heavy atom. The van der Waals surface area contributed by atoms with Crippen molar-refractivity contribution in [3.8, 4) is 5.75 Å². The predicted molar refractivity (Wildman–Crippen MR) is 157 cm³/mol. The second-order valence-electron chi connectivity index (χ2n) is 10.7. The number of benzene rings is 3. The van der Waals surface area contributed by atoms with Gasteiger partial charge in [0.1, 0.15) is 23.2 Å². The fraction of sp³-hybridized carbons (Fsp3) is 0.344. The summed E-state index contributed by atoms with van der Waals surface area (Å²) in [6, 6.07) is 21.5. The summed E-state index contributed by atoms with van der Waals surface area (Å²) in [6.45, 7) is -0.706. The third kappa shape index (κ3) is 6.33. The summed E-state index contributed by atoms with van der Waals surface area (Å²) in [5.41, 5.74) is 1.58. The van der Waals surface area contributed by atoms with Crippen LogP contribution in [-0.2, 0) is 32.6 Å². The number of amides is 3. The maximum atomic E-state index is 14.1. The molecule has 0 aromatic heterocycles. The van der Waals surface area contributed by atoms with E-state index in [2.05, 4.69) is 5.32 Å². The molecule has 1 saturated carbocycles. The van der Waals surface area contributed by atoms with E-state index in [0.717, 1.165) is 37.7 Å². The van der Waals surface area contributed by atoms with E-state index in [-0.39, 0.29) is 35.4 Å². The molecule has 3 aromatic rings. The highest BCUT2D eigenvalue weighted by Gasteiger charge is 2.43. The smallest absolute Gasteiger partial charge is 0.269 e. The van der Waals surface area contributed by atoms with Crippen LogP contribution in [0.2, 0.25) is 0 Å². The van der Waals surface area contributed by atoms with Crippen molar-refractivity contribution in [3.05, 3.63) is 95.6 Å². The van der Waals surface area contributed by atoms with Gasteiger partial charge >= 0.3 is 0 Å². The zero-order chi connectivity index (χ0) is 29.7. The van der Waals surface area contributed by atoms with Gasteiger partial charge in [0.2, 0.25) is 11.8 Å². The van der Waals surface area contributed by atoms with Crippen molar-refractivity contribution in [2.24, 2.45) is 0 Å². The maximum Gasteiger partial charge on any atom is 0.269 e. The third-order valence-corrected chi connectivity index (χ3v) is 9.69. The average Bonchev–Trinajstić information content (AvgIpc) is 3.20. The first-order valence-corrected chi connectivity index (χ1v) is 15.6. The molecule has 5 rings (SSSR count). The molecule has 1 fully saturated rings. The van der Waals surface area contributed by atoms with Gasteiger partial charge in [0.05, 0.1) is 12.7 Å². The quantitative estimate of drug-likeness (QED) is 0.384. The number of ether oxygens (including phenoxy) is 1. The van der Waals surface area contributed by atoms with Crippen molar-refractivity contribution in [1.29, 1.82) is 0 Å². The molecule has 9 nitrogen and oxygen atoms in total. The van der Waals surface area contributed by atoms with Crippen LogP contribution in [0, 0.1) is 0 Å². The molecule has 0 radical (unpaired) electrons. The first-order chi connectivity index (χ1) is 20.3. The molecule has 1 heterocycles. The summed E-state index contributed by atoms with van der Waals surface area (Å²) in [6.07, 6.45) is 5.13. The van der Waals surface area contributed by atoms with Crippen molar-refractivity contribution < 1.29 is 27.5 Å². The van der Waals surface area contributed by atoms with Crippen molar-refractivity contribution in [3.63, 3.8) is 0 Å². The van der Waals surface area contributed by atoms with Gasteiger partial charge in [-0.3, -0.25) is 14.4 Å². The lowest BCUT2D eigenvalue weighted by Crippen LogP contribution is -2.55. The second kappa shape index (κ2) is 12.8. The van der Waals surface area contributed by atoms with Crippen LogP contribution in [0.5, 0.6) is 5.75 Å². The molecule has 3 aromatic carbocycles. The molecule has 1 N–H and O–H groups in total. The highest BCUT2D eigenvalue weighted by Crippen LogP contribution is 2.30. The predicted octanol–water partition coefficient (Wildman–Crippen LogP) is 3.93. The Bertz CT molecular complexity index is 1550. The molecule has 0 spiro atoms. The third-order valence-electron chi connectivity index (χ3n) is 7.90. The molecule has 0 saturated heterocycles. The summed E-state index contributed by atoms with van der Waals surface area (Å²) >= 11 is 0. The second-order valence-corrected chi connectivity index (χ2v) is 12.6. The van der Waals surface area contributed by atoms with Crippen LogP contribution >= 0.6 is 0 Å². The minimum Gasteiger partial charge on any atom is -0.497 e. The van der Waals surface area contributed by atoms with E-state index in [9.17, 15) is 22.8 Å². The molecule has 1 aliphatic carbocycles. The first-order valence-electron chi connectivity index (χ1n) is 14.2. The maximum absolute atomic E-state index is 14.1. The first kappa shape index (κ1) is 29.3. The molecule has 1 atom stereocenters. The van der Waals surface area contributed by atoms with E-state index in [1.807, 2.05) is 36.4 Å². The lowest BCUT2D eigenvalue weighted by molar-refractivity contribution is -0.141. The topological polar surface area (TPSA) is 113 Å². The van der Waals surface area contributed by atoms with Crippen LogP contribution < -0.4 is 10.1 Å². The van der Waals surface area contributed by atoms with E-state index in [0.29, 0.717) is 15.6 Å². The molecule has 3 amide bonds. The van der Waals surface area contributed by atoms with Crippen molar-refractivity contribution in [2.75, 3.05) is 13.7 Å². The Kier molecular flexibility index (Phi) is 8.91. The fourth-order valence-electron chi connectivity index (χ4n) is 5.67. The van der Waals surface area contributed by atoms with Gasteiger partial charge < -0.3 is 15.0 Å². The van der Waals surface area contributed by atoms with E-state index < -0.39 is 34.4 Å². The standard InChI is InChI=1S/C32H35N3O6S/c1-41-26-16-10-13-24(19-26)21-34(30(36)22-35-32(38)27-17-8-9-18-29(27)42(35,39)40)28(20-23-11-4-2-5-12-23)31(37)33-25-14-6-3-7-15-25/h2,4-5,8-13,16-19,25,28H,3,6-7,14-15,20-22H2,1H3,(H,33,37)/t28-/m1/s1. The van der Waals surface area contributed by atoms with Gasteiger partial charge in [-0.05, 0) is 48.2 Å². The Morgan fingerprint density at radius 2 is 1.64 bits per heavy atom. The Hall–Kier alpha value is -4.18. The minimum atomic E-state index is -4.22. The number of nitrogens with one attached hydrogen (secondary N) is 1. The van der Waals surface area contributed by atoms with Crippen molar-refractivity contribution >= 4 is 27.7 Å². The number of carbonyl (C=O) groups excluding carboxylic acids is 3. The average molecular weight is 590 g/mol. The molecular formula is C32H35N3O6S. The van der Waals surface area contributed by atoms with Gasteiger partial charge in [0.25, 0.3) is 15.9 Å². The van der Waals surface area contributed by atoms with Crippen LogP contribution in [0.15, 0.2) is 83.8 Å². The monoisotopic (exact) mass is 589 g/mol. The molecule has 1 aliphatic heterocycles. The SMILES string of the molecule is COc1cccc(CN(C(=O)CN2C(=O)c3ccccc3S2(=O)=O)[C@H](Cc2ccccc2)C(=O)NC2CCCCC2)c1. The highest BCUT2D eigenvalue weighted by molar-refractivity contribution is 7.90. The molecule has 0 unspecified atom stereocenters. The Balaban J connectivity index is 1.50. The number of carbonyl (C=O) groups is 3.